The molecule has 30 heavy (non-hydrogen) atoms. The van der Waals surface area contributed by atoms with E-state index in [0.717, 1.165) is 68.7 Å². The number of nitriles is 1. The topological polar surface area (TPSA) is 59.0 Å². The first kappa shape index (κ1) is 20.2. The molecule has 0 saturated carbocycles. The maximum absolute atomic E-state index is 12.7. The third-order valence-corrected chi connectivity index (χ3v) is 5.59. The Balaban J connectivity index is 1.27. The van der Waals surface area contributed by atoms with Gasteiger partial charge in [0, 0.05) is 49.5 Å². The lowest BCUT2D eigenvalue weighted by molar-refractivity contribution is -0.137. The van der Waals surface area contributed by atoms with Crippen molar-refractivity contribution in [2.24, 2.45) is 0 Å². The normalized spacial score (nSPS) is 15.5. The zero-order chi connectivity index (χ0) is 21.1. The Kier molecular flexibility index (Phi) is 5.64. The molecule has 2 aromatic heterocycles. The van der Waals surface area contributed by atoms with E-state index in [2.05, 4.69) is 20.9 Å². The Morgan fingerprint density at radius 1 is 1.10 bits per heavy atom. The zero-order valence-electron chi connectivity index (χ0n) is 16.4. The molecule has 0 spiro atoms. The van der Waals surface area contributed by atoms with Gasteiger partial charge in [0.25, 0.3) is 0 Å². The maximum Gasteiger partial charge on any atom is 0.417 e. The number of nitrogens with zero attached hydrogens (tertiary/aromatic N) is 4. The van der Waals surface area contributed by atoms with Gasteiger partial charge in [-0.25, -0.2) is 4.98 Å². The summed E-state index contributed by atoms with van der Waals surface area (Å²) >= 11 is 0. The molecule has 0 amide bonds. The van der Waals surface area contributed by atoms with E-state index in [1.807, 2.05) is 29.3 Å². The smallest absolute Gasteiger partial charge is 0.361 e. The minimum Gasteiger partial charge on any atom is -0.361 e. The Morgan fingerprint density at radius 2 is 1.90 bits per heavy atom. The molecule has 8 heteroatoms. The second-order valence-corrected chi connectivity index (χ2v) is 7.52. The van der Waals surface area contributed by atoms with Crippen molar-refractivity contribution in [3.05, 3.63) is 59.4 Å². The van der Waals surface area contributed by atoms with Crippen molar-refractivity contribution < 1.29 is 13.2 Å². The van der Waals surface area contributed by atoms with Crippen LogP contribution in [0, 0.1) is 11.3 Å². The number of nitrogens with one attached hydrogen (secondary N) is 1. The third-order valence-electron chi connectivity index (χ3n) is 5.59. The fraction of sp³-hybridized carbons (Fsp3) is 0.364. The molecule has 5 nitrogen and oxygen atoms in total. The fourth-order valence-electron chi connectivity index (χ4n) is 3.89. The number of piperazine rings is 1. The van der Waals surface area contributed by atoms with E-state index in [4.69, 9.17) is 5.26 Å². The molecular weight excluding hydrogens is 391 g/mol. The largest absolute Gasteiger partial charge is 0.417 e. The lowest BCUT2D eigenvalue weighted by Gasteiger charge is -2.35. The van der Waals surface area contributed by atoms with E-state index < -0.39 is 11.7 Å². The van der Waals surface area contributed by atoms with Crippen LogP contribution in [-0.4, -0.2) is 47.6 Å². The zero-order valence-corrected chi connectivity index (χ0v) is 16.4. The van der Waals surface area contributed by atoms with Crippen LogP contribution in [0.3, 0.4) is 0 Å². The number of rotatable bonds is 5. The molecule has 0 radical (unpaired) electrons. The second-order valence-electron chi connectivity index (χ2n) is 7.52. The van der Waals surface area contributed by atoms with E-state index in [1.165, 1.54) is 11.6 Å². The number of halogens is 3. The molecule has 0 atom stereocenters. The molecule has 1 saturated heterocycles. The molecular formula is C22H22F3N5. The lowest BCUT2D eigenvalue weighted by Crippen LogP contribution is -2.47. The average Bonchev–Trinajstić information content (AvgIpc) is 3.16. The molecule has 1 aromatic carbocycles. The van der Waals surface area contributed by atoms with Gasteiger partial charge in [-0.15, -0.1) is 0 Å². The number of aromatic amines is 1. The van der Waals surface area contributed by atoms with E-state index in [0.29, 0.717) is 11.4 Å². The van der Waals surface area contributed by atoms with Gasteiger partial charge in [-0.2, -0.15) is 18.4 Å². The van der Waals surface area contributed by atoms with Crippen molar-refractivity contribution in [3.63, 3.8) is 0 Å². The van der Waals surface area contributed by atoms with Gasteiger partial charge in [-0.05, 0) is 55.3 Å². The Bertz CT molecular complexity index is 1040. The first-order valence-corrected chi connectivity index (χ1v) is 9.95. The molecule has 156 valence electrons. The summed E-state index contributed by atoms with van der Waals surface area (Å²) in [4.78, 5) is 11.7. The molecule has 1 N–H and O–H groups in total. The maximum atomic E-state index is 12.7. The van der Waals surface area contributed by atoms with Crippen LogP contribution in [0.15, 0.2) is 42.7 Å². The predicted octanol–water partition coefficient (Wildman–Crippen LogP) is 4.21. The number of hydrogen-bond acceptors (Lipinski definition) is 4. The summed E-state index contributed by atoms with van der Waals surface area (Å²) in [6, 6.07) is 10.4. The number of benzene rings is 1. The molecule has 1 fully saturated rings. The second kappa shape index (κ2) is 8.36. The number of H-pyrrole nitrogens is 1. The fourth-order valence-corrected chi connectivity index (χ4v) is 3.89. The molecule has 4 rings (SSSR count). The van der Waals surface area contributed by atoms with Crippen molar-refractivity contribution in [3.8, 4) is 6.07 Å². The first-order valence-electron chi connectivity index (χ1n) is 9.95. The van der Waals surface area contributed by atoms with Gasteiger partial charge in [0.1, 0.15) is 5.82 Å². The highest BCUT2D eigenvalue weighted by Gasteiger charge is 2.31. The third kappa shape index (κ3) is 4.41. The van der Waals surface area contributed by atoms with Crippen LogP contribution >= 0.6 is 0 Å². The van der Waals surface area contributed by atoms with E-state index >= 15 is 0 Å². The van der Waals surface area contributed by atoms with Crippen LogP contribution in [-0.2, 0) is 12.6 Å². The SMILES string of the molecule is N#Cc1ccc2[nH]cc(CCCN3CCN(c4ccc(C(F)(F)F)cn4)CC3)c2c1. The number of hydrogen-bond donors (Lipinski definition) is 1. The van der Waals surface area contributed by atoms with Gasteiger partial charge < -0.3 is 9.88 Å². The minimum absolute atomic E-state index is 0.592. The van der Waals surface area contributed by atoms with Gasteiger partial charge >= 0.3 is 6.18 Å². The van der Waals surface area contributed by atoms with Crippen molar-refractivity contribution >= 4 is 16.7 Å². The lowest BCUT2D eigenvalue weighted by atomic mass is 10.1. The van der Waals surface area contributed by atoms with Crippen molar-refractivity contribution in [2.45, 2.75) is 19.0 Å². The van der Waals surface area contributed by atoms with Crippen LogP contribution in [0.1, 0.15) is 23.1 Å². The molecule has 3 heterocycles. The van der Waals surface area contributed by atoms with Gasteiger partial charge in [0.2, 0.25) is 0 Å². The number of fused-ring (bicyclic) bond motifs is 1. The highest BCUT2D eigenvalue weighted by atomic mass is 19.4. The van der Waals surface area contributed by atoms with Gasteiger partial charge in [0.05, 0.1) is 17.2 Å². The molecule has 0 bridgehead atoms. The van der Waals surface area contributed by atoms with Crippen LogP contribution in [0.4, 0.5) is 19.0 Å². The Labute approximate surface area is 172 Å². The van der Waals surface area contributed by atoms with Crippen LogP contribution in [0.25, 0.3) is 10.9 Å². The van der Waals surface area contributed by atoms with Gasteiger partial charge in [-0.3, -0.25) is 4.90 Å². The quantitative estimate of drug-likeness (QED) is 0.681. The Hall–Kier alpha value is -3.05. The standard InChI is InChI=1S/C22H22F3N5/c23-22(24,25)18-4-6-21(28-15-18)30-10-8-29(9-11-30)7-1-2-17-14-27-20-5-3-16(13-26)12-19(17)20/h3-6,12,14-15,27H,1-2,7-11H2. The van der Waals surface area contributed by atoms with Crippen LogP contribution < -0.4 is 4.90 Å². The summed E-state index contributed by atoms with van der Waals surface area (Å²) in [7, 11) is 0. The molecule has 3 aromatic rings. The number of aromatic nitrogens is 2. The van der Waals surface area contributed by atoms with E-state index in [9.17, 15) is 13.2 Å². The average molecular weight is 413 g/mol. The summed E-state index contributed by atoms with van der Waals surface area (Å²) in [5, 5.41) is 10.2. The van der Waals surface area contributed by atoms with Crippen molar-refractivity contribution in [1.29, 1.82) is 5.26 Å². The monoisotopic (exact) mass is 413 g/mol. The Morgan fingerprint density at radius 3 is 2.57 bits per heavy atom. The summed E-state index contributed by atoms with van der Waals surface area (Å²) in [6.45, 7) is 4.16. The molecule has 1 aliphatic heterocycles. The van der Waals surface area contributed by atoms with Gasteiger partial charge in [0.15, 0.2) is 0 Å². The van der Waals surface area contributed by atoms with Crippen LogP contribution in [0.5, 0.6) is 0 Å². The van der Waals surface area contributed by atoms with Crippen LogP contribution in [0.2, 0.25) is 0 Å². The van der Waals surface area contributed by atoms with Crippen molar-refractivity contribution in [2.75, 3.05) is 37.6 Å². The summed E-state index contributed by atoms with van der Waals surface area (Å²) in [5.41, 5.74) is 2.21. The van der Waals surface area contributed by atoms with Crippen molar-refractivity contribution in [1.82, 2.24) is 14.9 Å². The molecule has 1 aliphatic rings. The number of alkyl halides is 3. The highest BCUT2D eigenvalue weighted by Crippen LogP contribution is 2.29. The number of anilines is 1. The number of aryl methyl sites for hydroxylation is 1. The summed E-state index contributed by atoms with van der Waals surface area (Å²) < 4.78 is 38.0. The molecule has 0 aliphatic carbocycles. The van der Waals surface area contributed by atoms with Gasteiger partial charge in [-0.1, -0.05) is 0 Å². The summed E-state index contributed by atoms with van der Waals surface area (Å²) in [6.07, 6.45) is 0.490. The summed E-state index contributed by atoms with van der Waals surface area (Å²) in [5.74, 6) is 0.592. The van der Waals surface area contributed by atoms with E-state index in [1.54, 1.807) is 0 Å². The first-order chi connectivity index (χ1) is 14.4. The van der Waals surface area contributed by atoms with E-state index in [-0.39, 0.29) is 0 Å². The molecule has 0 unspecified atom stereocenters. The number of pyridine rings is 1. The minimum atomic E-state index is -4.36. The predicted molar refractivity (Wildman–Crippen MR) is 109 cm³/mol. The highest BCUT2D eigenvalue weighted by molar-refractivity contribution is 5.84.